The van der Waals surface area contributed by atoms with Crippen molar-refractivity contribution in [1.82, 2.24) is 10.6 Å². The lowest BCUT2D eigenvalue weighted by Crippen LogP contribution is -2.31. The first-order valence-corrected chi connectivity index (χ1v) is 7.12. The highest BCUT2D eigenvalue weighted by molar-refractivity contribution is 5.95. The summed E-state index contributed by atoms with van der Waals surface area (Å²) in [5, 5.41) is 8.82. The maximum atomic E-state index is 12.0. The van der Waals surface area contributed by atoms with Gasteiger partial charge in [-0.1, -0.05) is 6.92 Å². The van der Waals surface area contributed by atoms with Crippen molar-refractivity contribution in [1.29, 1.82) is 0 Å². The van der Waals surface area contributed by atoms with Crippen molar-refractivity contribution in [2.45, 2.75) is 26.2 Å². The minimum atomic E-state index is -0.122. The Kier molecular flexibility index (Phi) is 4.98. The third-order valence-corrected chi connectivity index (χ3v) is 3.29. The fourth-order valence-corrected chi connectivity index (χ4v) is 2.19. The second-order valence-electron chi connectivity index (χ2n) is 4.90. The molecule has 0 radical (unpaired) electrons. The fraction of sp³-hybridized carbons (Fsp3) is 0.467. The second-order valence-corrected chi connectivity index (χ2v) is 4.90. The van der Waals surface area contributed by atoms with Crippen LogP contribution in [0.1, 0.15) is 35.7 Å². The number of carbonyl (C=O) groups is 2. The molecule has 0 aliphatic carbocycles. The predicted molar refractivity (Wildman–Crippen MR) is 78.9 cm³/mol. The van der Waals surface area contributed by atoms with E-state index in [4.69, 9.17) is 0 Å². The number of benzene rings is 1. The molecular weight excluding hydrogens is 254 g/mol. The van der Waals surface area contributed by atoms with E-state index >= 15 is 0 Å². The summed E-state index contributed by atoms with van der Waals surface area (Å²) < 4.78 is 0. The molecule has 0 bridgehead atoms. The Morgan fingerprint density at radius 1 is 1.25 bits per heavy atom. The second kappa shape index (κ2) is 6.93. The van der Waals surface area contributed by atoms with Crippen LogP contribution in [0.5, 0.6) is 0 Å². The molecule has 1 aliphatic rings. The monoisotopic (exact) mass is 275 g/mol. The molecular formula is C15H21N3O2. The molecule has 0 spiro atoms. The van der Waals surface area contributed by atoms with Crippen LogP contribution in [0.25, 0.3) is 0 Å². The number of carbonyl (C=O) groups excluding carboxylic acids is 2. The minimum Gasteiger partial charge on any atom is -0.384 e. The summed E-state index contributed by atoms with van der Waals surface area (Å²) >= 11 is 0. The van der Waals surface area contributed by atoms with Crippen molar-refractivity contribution in [3.05, 3.63) is 29.3 Å². The highest BCUT2D eigenvalue weighted by Gasteiger charge is 2.13. The zero-order valence-corrected chi connectivity index (χ0v) is 11.8. The molecule has 108 valence electrons. The van der Waals surface area contributed by atoms with Crippen LogP contribution in [0.4, 0.5) is 5.69 Å². The summed E-state index contributed by atoms with van der Waals surface area (Å²) in [5.41, 5.74) is 2.94. The molecule has 1 aliphatic heterocycles. The van der Waals surface area contributed by atoms with Gasteiger partial charge in [-0.15, -0.1) is 0 Å². The average molecular weight is 275 g/mol. The molecule has 3 N–H and O–H groups in total. The highest BCUT2D eigenvalue weighted by atomic mass is 16.2. The minimum absolute atomic E-state index is 0.0229. The Morgan fingerprint density at radius 2 is 2.10 bits per heavy atom. The zero-order valence-electron chi connectivity index (χ0n) is 11.8. The van der Waals surface area contributed by atoms with Gasteiger partial charge >= 0.3 is 0 Å². The lowest BCUT2D eigenvalue weighted by atomic mass is 10.1. The predicted octanol–water partition coefficient (Wildman–Crippen LogP) is 1.30. The molecule has 0 aromatic heterocycles. The van der Waals surface area contributed by atoms with Gasteiger partial charge in [-0.3, -0.25) is 9.59 Å². The van der Waals surface area contributed by atoms with Crippen LogP contribution >= 0.6 is 0 Å². The molecule has 0 fully saturated rings. The lowest BCUT2D eigenvalue weighted by molar-refractivity contribution is -0.120. The Hall–Kier alpha value is -2.04. The number of hydrogen-bond donors (Lipinski definition) is 3. The van der Waals surface area contributed by atoms with E-state index in [0.29, 0.717) is 25.1 Å². The number of hydrogen-bond acceptors (Lipinski definition) is 3. The van der Waals surface area contributed by atoms with E-state index in [0.717, 1.165) is 25.1 Å². The number of fused-ring (bicyclic) bond motifs is 1. The molecule has 0 saturated heterocycles. The number of amides is 2. The molecule has 2 amide bonds. The highest BCUT2D eigenvalue weighted by Crippen LogP contribution is 2.22. The molecule has 20 heavy (non-hydrogen) atoms. The van der Waals surface area contributed by atoms with Crippen molar-refractivity contribution in [2.24, 2.45) is 0 Å². The van der Waals surface area contributed by atoms with E-state index in [1.54, 1.807) is 0 Å². The molecule has 0 saturated carbocycles. The van der Waals surface area contributed by atoms with Crippen molar-refractivity contribution in [3.8, 4) is 0 Å². The SMILES string of the molecule is CCCNC(=O)CCNC(=O)c1ccc2c(c1)CCN2. The molecule has 5 heteroatoms. The standard InChI is InChI=1S/C15H21N3O2/c1-2-7-17-14(19)6-9-18-15(20)12-3-4-13-11(10-12)5-8-16-13/h3-4,10,16H,2,5-9H2,1H3,(H,17,19)(H,18,20). The molecule has 1 aromatic rings. The molecule has 5 nitrogen and oxygen atoms in total. The quantitative estimate of drug-likeness (QED) is 0.733. The van der Waals surface area contributed by atoms with Gasteiger partial charge < -0.3 is 16.0 Å². The third kappa shape index (κ3) is 3.73. The first-order valence-electron chi connectivity index (χ1n) is 7.12. The molecule has 0 unspecified atom stereocenters. The van der Waals surface area contributed by atoms with Crippen molar-refractivity contribution in [3.63, 3.8) is 0 Å². The number of nitrogens with one attached hydrogen (secondary N) is 3. The van der Waals surface area contributed by atoms with Gasteiger partial charge in [0.1, 0.15) is 0 Å². The van der Waals surface area contributed by atoms with Gasteiger partial charge in [0.15, 0.2) is 0 Å². The molecule has 1 heterocycles. The van der Waals surface area contributed by atoms with Crippen molar-refractivity contribution >= 4 is 17.5 Å². The van der Waals surface area contributed by atoms with Crippen molar-refractivity contribution in [2.75, 3.05) is 25.0 Å². The van der Waals surface area contributed by atoms with E-state index < -0.39 is 0 Å². The topological polar surface area (TPSA) is 70.2 Å². The van der Waals surface area contributed by atoms with Gasteiger partial charge in [-0.2, -0.15) is 0 Å². The van der Waals surface area contributed by atoms with E-state index in [2.05, 4.69) is 16.0 Å². The summed E-state index contributed by atoms with van der Waals surface area (Å²) in [5.74, 6) is -0.145. The van der Waals surface area contributed by atoms with Crippen LogP contribution in [0.15, 0.2) is 18.2 Å². The van der Waals surface area contributed by atoms with Gasteiger partial charge in [-0.05, 0) is 36.6 Å². The van der Waals surface area contributed by atoms with Gasteiger partial charge in [0.05, 0.1) is 0 Å². The number of anilines is 1. The number of rotatable bonds is 6. The average Bonchev–Trinajstić information content (AvgIpc) is 2.92. The first-order chi connectivity index (χ1) is 9.70. The fourth-order valence-electron chi connectivity index (χ4n) is 2.19. The molecule has 1 aromatic carbocycles. The molecule has 0 atom stereocenters. The third-order valence-electron chi connectivity index (χ3n) is 3.29. The summed E-state index contributed by atoms with van der Waals surface area (Å²) in [6.45, 7) is 3.98. The van der Waals surface area contributed by atoms with E-state index in [9.17, 15) is 9.59 Å². The summed E-state index contributed by atoms with van der Waals surface area (Å²) in [6.07, 6.45) is 2.19. The lowest BCUT2D eigenvalue weighted by Gasteiger charge is -2.07. The van der Waals surface area contributed by atoms with Crippen LogP contribution in [0, 0.1) is 0 Å². The Morgan fingerprint density at radius 3 is 2.90 bits per heavy atom. The van der Waals surface area contributed by atoms with Gasteiger partial charge in [-0.25, -0.2) is 0 Å². The van der Waals surface area contributed by atoms with Gasteiger partial charge in [0, 0.05) is 37.3 Å². The van der Waals surface area contributed by atoms with Crippen LogP contribution in [0.2, 0.25) is 0 Å². The smallest absolute Gasteiger partial charge is 0.251 e. The maximum absolute atomic E-state index is 12.0. The maximum Gasteiger partial charge on any atom is 0.251 e. The Bertz CT molecular complexity index is 500. The largest absolute Gasteiger partial charge is 0.384 e. The Labute approximate surface area is 119 Å². The van der Waals surface area contributed by atoms with E-state index in [-0.39, 0.29) is 11.8 Å². The summed E-state index contributed by atoms with van der Waals surface area (Å²) in [4.78, 5) is 23.4. The van der Waals surface area contributed by atoms with E-state index in [1.165, 1.54) is 5.56 Å². The zero-order chi connectivity index (χ0) is 14.4. The van der Waals surface area contributed by atoms with Gasteiger partial charge in [0.25, 0.3) is 5.91 Å². The van der Waals surface area contributed by atoms with Crippen LogP contribution in [0.3, 0.4) is 0 Å². The first kappa shape index (κ1) is 14.4. The summed E-state index contributed by atoms with van der Waals surface area (Å²) in [7, 11) is 0. The van der Waals surface area contributed by atoms with Crippen LogP contribution in [-0.2, 0) is 11.2 Å². The van der Waals surface area contributed by atoms with Crippen molar-refractivity contribution < 1.29 is 9.59 Å². The van der Waals surface area contributed by atoms with Crippen LogP contribution < -0.4 is 16.0 Å². The Balaban J connectivity index is 1.79. The van der Waals surface area contributed by atoms with E-state index in [1.807, 2.05) is 25.1 Å². The summed E-state index contributed by atoms with van der Waals surface area (Å²) in [6, 6.07) is 5.66. The molecule has 2 rings (SSSR count). The van der Waals surface area contributed by atoms with Gasteiger partial charge in [0.2, 0.25) is 5.91 Å². The normalized spacial score (nSPS) is 12.4. The van der Waals surface area contributed by atoms with Crippen LogP contribution in [-0.4, -0.2) is 31.4 Å².